The molecule has 3 aromatic rings. The average Bonchev–Trinajstić information content (AvgIpc) is 3.04. The second-order valence-electron chi connectivity index (χ2n) is 4.82. The molecule has 0 saturated carbocycles. The van der Waals surface area contributed by atoms with Gasteiger partial charge in [0.2, 0.25) is 0 Å². The molecule has 5 nitrogen and oxygen atoms in total. The van der Waals surface area contributed by atoms with Gasteiger partial charge in [0.25, 0.3) is 10.0 Å². The number of anilines is 1. The summed E-state index contributed by atoms with van der Waals surface area (Å²) in [6.07, 6.45) is 2.80. The maximum absolute atomic E-state index is 13.8. The highest BCUT2D eigenvalue weighted by Gasteiger charge is 2.20. The molecule has 24 heavy (non-hydrogen) atoms. The Balaban J connectivity index is 1.92. The van der Waals surface area contributed by atoms with Crippen LogP contribution in [0, 0.1) is 11.6 Å². The maximum Gasteiger partial charge on any atom is 0.263 e. The highest BCUT2D eigenvalue weighted by molar-refractivity contribution is 7.92. The van der Waals surface area contributed by atoms with E-state index in [1.807, 2.05) is 4.72 Å². The Hall–Kier alpha value is -2.45. The van der Waals surface area contributed by atoms with E-state index in [1.165, 1.54) is 12.3 Å². The van der Waals surface area contributed by atoms with Crippen LogP contribution in [-0.2, 0) is 10.0 Å². The average molecular weight is 370 g/mol. The van der Waals surface area contributed by atoms with E-state index < -0.39 is 32.4 Å². The molecule has 0 amide bonds. The molecular weight excluding hydrogens is 360 g/mol. The number of hydrogen-bond donors (Lipinski definition) is 2. The highest BCUT2D eigenvalue weighted by atomic mass is 35.5. The van der Waals surface area contributed by atoms with Gasteiger partial charge in [-0.25, -0.2) is 17.2 Å². The van der Waals surface area contributed by atoms with Gasteiger partial charge in [-0.2, -0.15) is 0 Å². The maximum atomic E-state index is 13.8. The fourth-order valence-corrected chi connectivity index (χ4v) is 3.21. The normalized spacial score (nSPS) is 11.5. The Bertz CT molecular complexity index is 991. The molecule has 0 radical (unpaired) electrons. The van der Waals surface area contributed by atoms with E-state index >= 15 is 0 Å². The smallest absolute Gasteiger partial charge is 0.263 e. The van der Waals surface area contributed by atoms with E-state index in [-0.39, 0.29) is 4.90 Å². The molecule has 0 bridgehead atoms. The van der Waals surface area contributed by atoms with Gasteiger partial charge in [0, 0.05) is 18.5 Å². The first-order chi connectivity index (χ1) is 11.4. The Morgan fingerprint density at radius 1 is 1.12 bits per heavy atom. The van der Waals surface area contributed by atoms with E-state index in [0.717, 1.165) is 0 Å². The number of halogens is 3. The lowest BCUT2D eigenvalue weighted by Crippen LogP contribution is -2.13. The van der Waals surface area contributed by atoms with Gasteiger partial charge < -0.3 is 4.98 Å². The lowest BCUT2D eigenvalue weighted by molar-refractivity contribution is 0.594. The first kappa shape index (κ1) is 16.4. The number of aromatic amines is 1. The number of hydrogen-bond acceptors (Lipinski definition) is 3. The molecule has 0 aliphatic heterocycles. The fourth-order valence-electron chi connectivity index (χ4n) is 2.00. The van der Waals surface area contributed by atoms with Crippen LogP contribution in [0.25, 0.3) is 11.4 Å². The lowest BCUT2D eigenvalue weighted by Gasteiger charge is -2.08. The summed E-state index contributed by atoms with van der Waals surface area (Å²) in [7, 11) is -4.11. The molecule has 124 valence electrons. The van der Waals surface area contributed by atoms with E-state index in [9.17, 15) is 17.2 Å². The van der Waals surface area contributed by atoms with E-state index in [4.69, 9.17) is 11.6 Å². The van der Waals surface area contributed by atoms with Crippen LogP contribution >= 0.6 is 11.6 Å². The van der Waals surface area contributed by atoms with Crippen LogP contribution in [-0.4, -0.2) is 18.4 Å². The summed E-state index contributed by atoms with van der Waals surface area (Å²) >= 11 is 5.44. The van der Waals surface area contributed by atoms with Crippen molar-refractivity contribution in [2.75, 3.05) is 4.72 Å². The number of nitrogens with one attached hydrogen (secondary N) is 2. The van der Waals surface area contributed by atoms with Crippen molar-refractivity contribution in [2.24, 2.45) is 0 Å². The predicted octanol–water partition coefficient (Wildman–Crippen LogP) is 3.81. The molecule has 0 atom stereocenters. The molecule has 2 aromatic heterocycles. The fraction of sp³-hybridized carbons (Fsp3) is 0. The summed E-state index contributed by atoms with van der Waals surface area (Å²) in [5.41, 5.74) is 0.485. The Morgan fingerprint density at radius 2 is 1.92 bits per heavy atom. The van der Waals surface area contributed by atoms with Crippen LogP contribution in [0.5, 0.6) is 0 Å². The van der Waals surface area contributed by atoms with Gasteiger partial charge in [0.15, 0.2) is 0 Å². The summed E-state index contributed by atoms with van der Waals surface area (Å²) in [6, 6.07) is 7.90. The van der Waals surface area contributed by atoms with Crippen molar-refractivity contribution >= 4 is 27.3 Å². The molecule has 0 fully saturated rings. The van der Waals surface area contributed by atoms with Gasteiger partial charge >= 0.3 is 0 Å². The van der Waals surface area contributed by atoms with Crippen LogP contribution in [0.1, 0.15) is 0 Å². The largest absolute Gasteiger partial charge is 0.359 e. The molecule has 1 aromatic carbocycles. The summed E-state index contributed by atoms with van der Waals surface area (Å²) in [5, 5.41) is -0.436. The molecule has 9 heteroatoms. The number of benzene rings is 1. The monoisotopic (exact) mass is 369 g/mol. The van der Waals surface area contributed by atoms with Crippen molar-refractivity contribution in [3.05, 3.63) is 65.4 Å². The van der Waals surface area contributed by atoms with Crippen LogP contribution < -0.4 is 4.72 Å². The third kappa shape index (κ3) is 3.24. The Morgan fingerprint density at radius 3 is 2.62 bits per heavy atom. The Labute approximate surface area is 141 Å². The van der Waals surface area contributed by atoms with Crippen molar-refractivity contribution in [3.63, 3.8) is 0 Å². The highest BCUT2D eigenvalue weighted by Crippen LogP contribution is 2.26. The third-order valence-corrected chi connectivity index (χ3v) is 4.80. The van der Waals surface area contributed by atoms with Crippen molar-refractivity contribution in [1.82, 2.24) is 9.97 Å². The minimum Gasteiger partial charge on any atom is -0.359 e. The van der Waals surface area contributed by atoms with E-state index in [2.05, 4.69) is 9.97 Å². The van der Waals surface area contributed by atoms with Gasteiger partial charge in [0.1, 0.15) is 16.5 Å². The van der Waals surface area contributed by atoms with Crippen LogP contribution in [0.4, 0.5) is 14.5 Å². The van der Waals surface area contributed by atoms with Gasteiger partial charge in [-0.3, -0.25) is 9.71 Å². The van der Waals surface area contributed by atoms with Crippen molar-refractivity contribution in [1.29, 1.82) is 0 Å². The van der Waals surface area contributed by atoms with Gasteiger partial charge in [-0.15, -0.1) is 0 Å². The van der Waals surface area contributed by atoms with E-state index in [0.29, 0.717) is 23.5 Å². The summed E-state index contributed by atoms with van der Waals surface area (Å²) in [4.78, 5) is 6.73. The molecule has 2 heterocycles. The SMILES string of the molecule is O=S(=O)(Nc1cc(F)c(Cl)cc1F)c1c[nH]c(-c2ccccn2)c1. The second-order valence-corrected chi connectivity index (χ2v) is 6.91. The van der Waals surface area contributed by atoms with Gasteiger partial charge in [0.05, 0.1) is 22.1 Å². The zero-order chi connectivity index (χ0) is 17.3. The summed E-state index contributed by atoms with van der Waals surface area (Å²) in [5.74, 6) is -1.91. The number of rotatable bonds is 4. The molecule has 0 spiro atoms. The molecule has 2 N–H and O–H groups in total. The topological polar surface area (TPSA) is 74.8 Å². The lowest BCUT2D eigenvalue weighted by atomic mass is 10.3. The van der Waals surface area contributed by atoms with Crippen molar-refractivity contribution in [2.45, 2.75) is 4.90 Å². The minimum atomic E-state index is -4.11. The second kappa shape index (κ2) is 6.21. The first-order valence-corrected chi connectivity index (χ1v) is 8.50. The Kier molecular flexibility index (Phi) is 4.25. The van der Waals surface area contributed by atoms with Crippen LogP contribution in [0.2, 0.25) is 5.02 Å². The number of sulfonamides is 1. The van der Waals surface area contributed by atoms with E-state index in [1.54, 1.807) is 24.4 Å². The molecule has 0 aliphatic rings. The molecule has 0 aliphatic carbocycles. The van der Waals surface area contributed by atoms with Gasteiger partial charge in [-0.05, 0) is 24.3 Å². The summed E-state index contributed by atoms with van der Waals surface area (Å²) < 4.78 is 53.8. The first-order valence-electron chi connectivity index (χ1n) is 6.64. The number of pyridine rings is 1. The molecule has 0 unspecified atom stereocenters. The number of aromatic nitrogens is 2. The number of nitrogens with zero attached hydrogens (tertiary/aromatic N) is 1. The predicted molar refractivity (Wildman–Crippen MR) is 86.2 cm³/mol. The zero-order valence-electron chi connectivity index (χ0n) is 11.9. The molecule has 0 saturated heterocycles. The van der Waals surface area contributed by atoms with Gasteiger partial charge in [-0.1, -0.05) is 17.7 Å². The number of H-pyrrole nitrogens is 1. The quantitative estimate of drug-likeness (QED) is 0.687. The minimum absolute atomic E-state index is 0.141. The van der Waals surface area contributed by atoms with Crippen LogP contribution in [0.3, 0.4) is 0 Å². The van der Waals surface area contributed by atoms with Crippen molar-refractivity contribution < 1.29 is 17.2 Å². The summed E-state index contributed by atoms with van der Waals surface area (Å²) in [6.45, 7) is 0. The van der Waals surface area contributed by atoms with Crippen molar-refractivity contribution in [3.8, 4) is 11.4 Å². The molecule has 3 rings (SSSR count). The van der Waals surface area contributed by atoms with Crippen LogP contribution in [0.15, 0.2) is 53.7 Å². The zero-order valence-corrected chi connectivity index (χ0v) is 13.5. The third-order valence-electron chi connectivity index (χ3n) is 3.16. The molecular formula is C15H10ClF2N3O2S. The standard InChI is InChI=1S/C15H10ClF2N3O2S/c16-10-6-12(18)14(7-11(10)17)21-24(22,23)9-5-15(20-8-9)13-3-1-2-4-19-13/h1-8,20-21H.